The summed E-state index contributed by atoms with van der Waals surface area (Å²) < 4.78 is 52.2. The summed E-state index contributed by atoms with van der Waals surface area (Å²) in [5.41, 5.74) is 1.07. The predicted octanol–water partition coefficient (Wildman–Crippen LogP) is 3.23. The number of pyridine rings is 1. The Labute approximate surface area is 181 Å². The zero-order valence-electron chi connectivity index (χ0n) is 16.9. The van der Waals surface area contributed by atoms with Gasteiger partial charge in [-0.05, 0) is 42.3 Å². The Morgan fingerprint density at radius 2 is 2.09 bits per heavy atom. The number of halogens is 3. The van der Waals surface area contributed by atoms with E-state index in [-0.39, 0.29) is 25.3 Å². The molecule has 0 aliphatic carbocycles. The second-order valence-electron chi connectivity index (χ2n) is 7.65. The number of aromatic nitrogens is 3. The standard InChI is InChI=1S/C22H19F3N4O3/c23-22(24,25)14-4-5-17-13(9-14)10-15(11-32-17)27-21(30)19-20(16-3-1-2-6-26-16)29-7-8-31-12-18(29)28-19/h1-6,9,15H,7-8,10-12H2,(H,27,30). The van der Waals surface area contributed by atoms with Crippen LogP contribution >= 0.6 is 0 Å². The number of nitrogens with one attached hydrogen (secondary N) is 1. The smallest absolute Gasteiger partial charge is 0.416 e. The number of alkyl halides is 3. The van der Waals surface area contributed by atoms with E-state index < -0.39 is 23.7 Å². The molecule has 0 saturated carbocycles. The van der Waals surface area contributed by atoms with Gasteiger partial charge in [0.1, 0.15) is 30.5 Å². The van der Waals surface area contributed by atoms with Gasteiger partial charge in [0.25, 0.3) is 5.91 Å². The van der Waals surface area contributed by atoms with Crippen molar-refractivity contribution in [3.8, 4) is 17.1 Å². The lowest BCUT2D eigenvalue weighted by Gasteiger charge is -2.26. The topological polar surface area (TPSA) is 78.3 Å². The first kappa shape index (κ1) is 20.5. The Morgan fingerprint density at radius 1 is 1.22 bits per heavy atom. The monoisotopic (exact) mass is 444 g/mol. The molecule has 0 fully saturated rings. The molecule has 2 aliphatic rings. The number of amides is 1. The normalized spacial score (nSPS) is 17.8. The molecule has 1 N–H and O–H groups in total. The molecular formula is C22H19F3N4O3. The molecule has 0 bridgehead atoms. The molecule has 1 amide bonds. The highest BCUT2D eigenvalue weighted by atomic mass is 19.4. The van der Waals surface area contributed by atoms with Crippen molar-refractivity contribution in [2.45, 2.75) is 31.8 Å². The molecule has 1 atom stereocenters. The van der Waals surface area contributed by atoms with Crippen LogP contribution in [0.1, 0.15) is 27.4 Å². The molecule has 5 rings (SSSR count). The first-order chi connectivity index (χ1) is 15.4. The van der Waals surface area contributed by atoms with Gasteiger partial charge in [-0.3, -0.25) is 9.78 Å². The van der Waals surface area contributed by atoms with Gasteiger partial charge in [0.05, 0.1) is 23.9 Å². The van der Waals surface area contributed by atoms with Crippen molar-refractivity contribution in [3.63, 3.8) is 0 Å². The van der Waals surface area contributed by atoms with Gasteiger partial charge in [0, 0.05) is 12.7 Å². The van der Waals surface area contributed by atoms with Crippen molar-refractivity contribution in [2.75, 3.05) is 13.2 Å². The van der Waals surface area contributed by atoms with E-state index in [1.807, 2.05) is 10.6 Å². The third kappa shape index (κ3) is 3.81. The average Bonchev–Trinajstić information content (AvgIpc) is 3.18. The van der Waals surface area contributed by atoms with Gasteiger partial charge in [-0.25, -0.2) is 4.98 Å². The van der Waals surface area contributed by atoms with E-state index in [1.54, 1.807) is 18.3 Å². The van der Waals surface area contributed by atoms with E-state index in [4.69, 9.17) is 9.47 Å². The summed E-state index contributed by atoms with van der Waals surface area (Å²) in [6, 6.07) is 8.30. The van der Waals surface area contributed by atoms with Crippen molar-refractivity contribution >= 4 is 5.91 Å². The maximum Gasteiger partial charge on any atom is 0.416 e. The van der Waals surface area contributed by atoms with E-state index in [2.05, 4.69) is 15.3 Å². The molecule has 10 heteroatoms. The minimum absolute atomic E-state index is 0.152. The Hall–Kier alpha value is -3.40. The molecule has 1 aromatic carbocycles. The number of imidazole rings is 1. The third-order valence-electron chi connectivity index (χ3n) is 5.49. The van der Waals surface area contributed by atoms with E-state index in [0.717, 1.165) is 12.1 Å². The molecule has 3 aromatic rings. The van der Waals surface area contributed by atoms with Gasteiger partial charge < -0.3 is 19.4 Å². The quantitative estimate of drug-likeness (QED) is 0.671. The van der Waals surface area contributed by atoms with Crippen LogP contribution < -0.4 is 10.1 Å². The number of ether oxygens (including phenoxy) is 2. The van der Waals surface area contributed by atoms with Gasteiger partial charge in [0.2, 0.25) is 0 Å². The van der Waals surface area contributed by atoms with Crippen LogP contribution in [0.25, 0.3) is 11.4 Å². The van der Waals surface area contributed by atoms with Crippen molar-refractivity contribution in [3.05, 3.63) is 65.2 Å². The summed E-state index contributed by atoms with van der Waals surface area (Å²) in [5, 5.41) is 2.86. The Balaban J connectivity index is 1.41. The largest absolute Gasteiger partial charge is 0.491 e. The van der Waals surface area contributed by atoms with Crippen LogP contribution in [0.5, 0.6) is 5.75 Å². The maximum absolute atomic E-state index is 13.2. The maximum atomic E-state index is 13.2. The molecular weight excluding hydrogens is 425 g/mol. The first-order valence-corrected chi connectivity index (χ1v) is 10.1. The molecule has 4 heterocycles. The van der Waals surface area contributed by atoms with Crippen LogP contribution in [0.15, 0.2) is 42.6 Å². The Kier molecular flexibility index (Phi) is 5.09. The number of nitrogens with zero attached hydrogens (tertiary/aromatic N) is 3. The van der Waals surface area contributed by atoms with Crippen molar-refractivity contribution < 1.29 is 27.4 Å². The van der Waals surface area contributed by atoms with Crippen molar-refractivity contribution in [1.82, 2.24) is 19.9 Å². The molecule has 2 aromatic heterocycles. The number of carbonyl (C=O) groups excluding carboxylic acids is 1. The fourth-order valence-electron chi connectivity index (χ4n) is 4.01. The predicted molar refractivity (Wildman–Crippen MR) is 107 cm³/mol. The summed E-state index contributed by atoms with van der Waals surface area (Å²) in [4.78, 5) is 22.0. The van der Waals surface area contributed by atoms with E-state index in [0.29, 0.717) is 41.7 Å². The molecule has 1 unspecified atom stereocenters. The summed E-state index contributed by atoms with van der Waals surface area (Å²) in [6.45, 7) is 1.48. The number of carbonyl (C=O) groups is 1. The summed E-state index contributed by atoms with van der Waals surface area (Å²) >= 11 is 0. The van der Waals surface area contributed by atoms with Crippen LogP contribution in [0.3, 0.4) is 0 Å². The highest BCUT2D eigenvalue weighted by molar-refractivity contribution is 5.98. The summed E-state index contributed by atoms with van der Waals surface area (Å²) in [7, 11) is 0. The van der Waals surface area contributed by atoms with Gasteiger partial charge in [-0.15, -0.1) is 0 Å². The second-order valence-corrected chi connectivity index (χ2v) is 7.65. The average molecular weight is 444 g/mol. The molecule has 166 valence electrons. The van der Waals surface area contributed by atoms with Crippen LogP contribution in [-0.2, 0) is 30.5 Å². The molecule has 32 heavy (non-hydrogen) atoms. The lowest BCUT2D eigenvalue weighted by atomic mass is 10.00. The number of hydrogen-bond donors (Lipinski definition) is 1. The first-order valence-electron chi connectivity index (χ1n) is 10.1. The number of fused-ring (bicyclic) bond motifs is 2. The molecule has 0 spiro atoms. The number of benzene rings is 1. The van der Waals surface area contributed by atoms with Gasteiger partial charge in [-0.2, -0.15) is 13.2 Å². The Morgan fingerprint density at radius 3 is 2.88 bits per heavy atom. The van der Waals surface area contributed by atoms with Crippen molar-refractivity contribution in [2.24, 2.45) is 0 Å². The third-order valence-corrected chi connectivity index (χ3v) is 5.49. The zero-order chi connectivity index (χ0) is 22.3. The van der Waals surface area contributed by atoms with Crippen LogP contribution in [-0.4, -0.2) is 39.7 Å². The number of rotatable bonds is 3. The van der Waals surface area contributed by atoms with E-state index >= 15 is 0 Å². The molecule has 7 nitrogen and oxygen atoms in total. The summed E-state index contributed by atoms with van der Waals surface area (Å²) in [6.07, 6.45) is -2.58. The lowest BCUT2D eigenvalue weighted by molar-refractivity contribution is -0.137. The molecule has 0 radical (unpaired) electrons. The number of hydrogen-bond acceptors (Lipinski definition) is 5. The van der Waals surface area contributed by atoms with Crippen LogP contribution in [0, 0.1) is 0 Å². The van der Waals surface area contributed by atoms with Gasteiger partial charge in [0.15, 0.2) is 5.69 Å². The van der Waals surface area contributed by atoms with Crippen LogP contribution in [0.2, 0.25) is 0 Å². The highest BCUT2D eigenvalue weighted by Gasteiger charge is 2.33. The van der Waals surface area contributed by atoms with E-state index in [1.165, 1.54) is 6.07 Å². The van der Waals surface area contributed by atoms with Gasteiger partial charge >= 0.3 is 6.18 Å². The Bertz CT molecular complexity index is 1160. The van der Waals surface area contributed by atoms with Gasteiger partial charge in [-0.1, -0.05) is 6.07 Å². The lowest BCUT2D eigenvalue weighted by Crippen LogP contribution is -2.43. The van der Waals surface area contributed by atoms with E-state index in [9.17, 15) is 18.0 Å². The highest BCUT2D eigenvalue weighted by Crippen LogP contribution is 2.34. The fourth-order valence-corrected chi connectivity index (χ4v) is 4.01. The molecule has 2 aliphatic heterocycles. The zero-order valence-corrected chi connectivity index (χ0v) is 16.9. The second kappa shape index (κ2) is 7.94. The van der Waals surface area contributed by atoms with Crippen LogP contribution in [0.4, 0.5) is 13.2 Å². The minimum Gasteiger partial charge on any atom is -0.491 e. The molecule has 0 saturated heterocycles. The minimum atomic E-state index is -4.44. The van der Waals surface area contributed by atoms with Crippen molar-refractivity contribution in [1.29, 1.82) is 0 Å². The fraction of sp³-hybridized carbons (Fsp3) is 0.318. The SMILES string of the molecule is O=C(NC1COc2ccc(C(F)(F)F)cc2C1)c1nc2n(c1-c1ccccn1)CCOC2. The summed E-state index contributed by atoms with van der Waals surface area (Å²) in [5.74, 6) is 0.589.